The molecule has 9 heteroatoms. The summed E-state index contributed by atoms with van der Waals surface area (Å²) in [6.07, 6.45) is 0.930. The van der Waals surface area contributed by atoms with Gasteiger partial charge in [-0.25, -0.2) is 0 Å². The van der Waals surface area contributed by atoms with Crippen molar-refractivity contribution in [3.05, 3.63) is 59.3 Å². The van der Waals surface area contributed by atoms with Crippen LogP contribution in [0.25, 0.3) is 10.8 Å². The van der Waals surface area contributed by atoms with E-state index in [2.05, 4.69) is 51.5 Å². The Morgan fingerprint density at radius 3 is 2.49 bits per heavy atom. The summed E-state index contributed by atoms with van der Waals surface area (Å²) in [4.78, 5) is 4.71. The monoisotopic (exact) mass is 486 g/mol. The number of nitrogens with one attached hydrogen (secondary N) is 1. The van der Waals surface area contributed by atoms with Gasteiger partial charge in [-0.15, -0.1) is 5.10 Å². The largest absolute Gasteiger partial charge is 0.416 e. The number of fused-ring (bicyclic) bond motifs is 1. The van der Waals surface area contributed by atoms with Crippen molar-refractivity contribution in [2.45, 2.75) is 51.0 Å². The van der Waals surface area contributed by atoms with Gasteiger partial charge < -0.3 is 20.9 Å². The van der Waals surface area contributed by atoms with Crippen molar-refractivity contribution < 1.29 is 13.2 Å². The van der Waals surface area contributed by atoms with E-state index in [1.807, 2.05) is 6.07 Å². The summed E-state index contributed by atoms with van der Waals surface area (Å²) in [5.41, 5.74) is 7.21. The zero-order valence-corrected chi connectivity index (χ0v) is 20.4. The molecule has 0 spiro atoms. The zero-order chi connectivity index (χ0) is 25.2. The summed E-state index contributed by atoms with van der Waals surface area (Å²) in [5.74, 6) is 0.452. The Morgan fingerprint density at radius 2 is 1.83 bits per heavy atom. The predicted molar refractivity (Wildman–Crippen MR) is 134 cm³/mol. The van der Waals surface area contributed by atoms with Crippen molar-refractivity contribution in [3.63, 3.8) is 0 Å². The van der Waals surface area contributed by atoms with E-state index in [0.717, 1.165) is 48.5 Å². The fraction of sp³-hybridized carbons (Fsp3) is 0.462. The molecule has 35 heavy (non-hydrogen) atoms. The summed E-state index contributed by atoms with van der Waals surface area (Å²) in [5, 5.41) is 13.1. The van der Waals surface area contributed by atoms with Gasteiger partial charge in [0.25, 0.3) is 0 Å². The van der Waals surface area contributed by atoms with Crippen molar-refractivity contribution in [1.82, 2.24) is 15.1 Å². The predicted octanol–water partition coefficient (Wildman–Crippen LogP) is 5.34. The molecule has 2 heterocycles. The summed E-state index contributed by atoms with van der Waals surface area (Å²) in [6.45, 7) is 3.38. The van der Waals surface area contributed by atoms with Crippen LogP contribution in [0.3, 0.4) is 0 Å². The van der Waals surface area contributed by atoms with Crippen molar-refractivity contribution in [3.8, 4) is 0 Å². The van der Waals surface area contributed by atoms with Crippen LogP contribution in [0.15, 0.2) is 42.6 Å². The Kier molecular flexibility index (Phi) is 7.47. The minimum Gasteiger partial charge on any atom is -0.372 e. The number of nitrogens with two attached hydrogens (primary N) is 1. The third-order valence-corrected chi connectivity index (χ3v) is 6.98. The minimum atomic E-state index is -4.44. The molecule has 0 radical (unpaired) electrons. The number of benzene rings is 2. The molecule has 0 unspecified atom stereocenters. The van der Waals surface area contributed by atoms with Gasteiger partial charge in [-0.1, -0.05) is 18.2 Å². The third kappa shape index (κ3) is 5.67. The molecule has 0 bridgehead atoms. The minimum absolute atomic E-state index is 0.102. The first kappa shape index (κ1) is 25.2. The Bertz CT molecular complexity index is 1150. The van der Waals surface area contributed by atoms with E-state index in [4.69, 9.17) is 5.73 Å². The van der Waals surface area contributed by atoms with E-state index in [1.54, 1.807) is 12.3 Å². The van der Waals surface area contributed by atoms with Crippen LogP contribution in [0.4, 0.5) is 24.7 Å². The normalized spacial score (nSPS) is 16.9. The van der Waals surface area contributed by atoms with Gasteiger partial charge >= 0.3 is 6.18 Å². The molecule has 1 saturated heterocycles. The molecule has 4 rings (SSSR count). The van der Waals surface area contributed by atoms with Gasteiger partial charge in [0.05, 0.1) is 11.8 Å². The van der Waals surface area contributed by atoms with Gasteiger partial charge in [-0.2, -0.15) is 18.3 Å². The fourth-order valence-corrected chi connectivity index (χ4v) is 4.96. The number of anilines is 2. The van der Waals surface area contributed by atoms with Crippen LogP contribution in [0.5, 0.6) is 0 Å². The highest BCUT2D eigenvalue weighted by molar-refractivity contribution is 5.93. The SMILES string of the molecule is Cc1c([C@@H](N)Nc2nncc3ccc(N4CCCC(N(C)C)CCC4)cc23)cccc1C(F)(F)F. The molecule has 1 aliphatic rings. The van der Waals surface area contributed by atoms with Crippen molar-refractivity contribution in [2.24, 2.45) is 5.73 Å². The second-order valence-corrected chi connectivity index (χ2v) is 9.49. The second kappa shape index (κ2) is 10.4. The van der Waals surface area contributed by atoms with E-state index in [-0.39, 0.29) is 5.56 Å². The van der Waals surface area contributed by atoms with Crippen LogP contribution < -0.4 is 16.0 Å². The number of aromatic nitrogens is 2. The summed E-state index contributed by atoms with van der Waals surface area (Å²) < 4.78 is 40.1. The quantitative estimate of drug-likeness (QED) is 0.475. The molecule has 3 N–H and O–H groups in total. The van der Waals surface area contributed by atoms with Crippen LogP contribution >= 0.6 is 0 Å². The number of halogens is 3. The van der Waals surface area contributed by atoms with Crippen LogP contribution in [-0.4, -0.2) is 48.3 Å². The molecule has 0 aliphatic carbocycles. The van der Waals surface area contributed by atoms with Crippen molar-refractivity contribution >= 4 is 22.3 Å². The highest BCUT2D eigenvalue weighted by Gasteiger charge is 2.33. The molecule has 3 aromatic rings. The second-order valence-electron chi connectivity index (χ2n) is 9.49. The zero-order valence-electron chi connectivity index (χ0n) is 20.4. The van der Waals surface area contributed by atoms with Gasteiger partial charge in [0.15, 0.2) is 5.82 Å². The summed E-state index contributed by atoms with van der Waals surface area (Å²) >= 11 is 0. The van der Waals surface area contributed by atoms with Crippen LogP contribution in [0, 0.1) is 6.92 Å². The molecule has 0 amide bonds. The first-order valence-electron chi connectivity index (χ1n) is 12.0. The molecule has 1 atom stereocenters. The van der Waals surface area contributed by atoms with E-state index >= 15 is 0 Å². The van der Waals surface area contributed by atoms with Crippen molar-refractivity contribution in [1.29, 1.82) is 0 Å². The van der Waals surface area contributed by atoms with Gasteiger partial charge in [0, 0.05) is 35.6 Å². The van der Waals surface area contributed by atoms with Crippen LogP contribution in [-0.2, 0) is 6.18 Å². The third-order valence-electron chi connectivity index (χ3n) is 6.98. The Balaban J connectivity index is 1.59. The molecule has 1 aliphatic heterocycles. The highest BCUT2D eigenvalue weighted by atomic mass is 19.4. The van der Waals surface area contributed by atoms with E-state index in [0.29, 0.717) is 17.4 Å². The highest BCUT2D eigenvalue weighted by Crippen LogP contribution is 2.35. The topological polar surface area (TPSA) is 70.3 Å². The maximum absolute atomic E-state index is 13.4. The lowest BCUT2D eigenvalue weighted by Crippen LogP contribution is -2.34. The number of alkyl halides is 3. The smallest absolute Gasteiger partial charge is 0.372 e. The number of hydrogen-bond donors (Lipinski definition) is 2. The Hall–Kier alpha value is -2.91. The van der Waals surface area contributed by atoms with Gasteiger partial charge in [-0.3, -0.25) is 0 Å². The van der Waals surface area contributed by atoms with Gasteiger partial charge in [0.1, 0.15) is 6.17 Å². The lowest BCUT2D eigenvalue weighted by molar-refractivity contribution is -0.138. The number of rotatable bonds is 5. The number of nitrogens with zero attached hydrogens (tertiary/aromatic N) is 4. The molecule has 0 saturated carbocycles. The lowest BCUT2D eigenvalue weighted by Gasteiger charge is -2.32. The van der Waals surface area contributed by atoms with E-state index in [1.165, 1.54) is 25.8 Å². The molecule has 2 aromatic carbocycles. The average Bonchev–Trinajstić information content (AvgIpc) is 2.78. The van der Waals surface area contributed by atoms with Gasteiger partial charge in [0.2, 0.25) is 0 Å². The molecule has 1 fully saturated rings. The lowest BCUT2D eigenvalue weighted by atomic mass is 10.00. The standard InChI is InChI=1S/C26H33F3N6/c1-17-21(9-4-10-23(17)26(27,28)29)24(30)32-25-22-15-20(12-11-18(22)16-31-33-25)35-13-5-7-19(34(2)3)8-6-14-35/h4,9-12,15-16,19,24H,5-8,13-14,30H2,1-3H3,(H,32,33)/t24-/m0/s1. The Morgan fingerprint density at radius 1 is 1.11 bits per heavy atom. The molecule has 6 nitrogen and oxygen atoms in total. The van der Waals surface area contributed by atoms with E-state index in [9.17, 15) is 13.2 Å². The maximum atomic E-state index is 13.4. The maximum Gasteiger partial charge on any atom is 0.416 e. The molecular weight excluding hydrogens is 453 g/mol. The summed E-state index contributed by atoms with van der Waals surface area (Å²) in [7, 11) is 4.29. The summed E-state index contributed by atoms with van der Waals surface area (Å²) in [6, 6.07) is 10.8. The Labute approximate surface area is 204 Å². The molecule has 188 valence electrons. The van der Waals surface area contributed by atoms with Crippen LogP contribution in [0.1, 0.15) is 48.5 Å². The average molecular weight is 487 g/mol. The van der Waals surface area contributed by atoms with Crippen molar-refractivity contribution in [2.75, 3.05) is 37.4 Å². The van der Waals surface area contributed by atoms with Gasteiger partial charge in [-0.05, 0) is 76.0 Å². The first-order valence-corrected chi connectivity index (χ1v) is 12.0. The van der Waals surface area contributed by atoms with Crippen LogP contribution in [0.2, 0.25) is 0 Å². The fourth-order valence-electron chi connectivity index (χ4n) is 4.96. The first-order chi connectivity index (χ1) is 16.6. The molecule has 1 aromatic heterocycles. The number of hydrogen-bond acceptors (Lipinski definition) is 6. The van der Waals surface area contributed by atoms with E-state index < -0.39 is 17.9 Å². The molecular formula is C26H33F3N6.